The van der Waals surface area contributed by atoms with Crippen molar-refractivity contribution < 1.29 is 50.8 Å². The zero-order valence-electron chi connectivity index (χ0n) is 9.51. The third-order valence-corrected chi connectivity index (χ3v) is 3.39. The van der Waals surface area contributed by atoms with Gasteiger partial charge in [0.2, 0.25) is 0 Å². The number of aryl methyl sites for hydroxylation is 1. The number of aromatic hydroxyl groups is 1. The molecule has 0 spiro atoms. The minimum Gasteiger partial charge on any atom is -0.698 e. The largest absolute Gasteiger partial charge is 0.698 e. The van der Waals surface area contributed by atoms with Crippen LogP contribution in [0, 0.1) is 6.92 Å². The molecule has 0 bridgehead atoms. The van der Waals surface area contributed by atoms with E-state index in [4.69, 9.17) is 10.3 Å². The molecule has 2 rings (SSSR count). The summed E-state index contributed by atoms with van der Waals surface area (Å²) in [5.74, 6) is -0.0469. The Bertz CT molecular complexity index is 713. The van der Waals surface area contributed by atoms with Crippen molar-refractivity contribution in [3.05, 3.63) is 35.6 Å². The van der Waals surface area contributed by atoms with E-state index in [0.29, 0.717) is 10.9 Å². The van der Waals surface area contributed by atoms with E-state index in [-0.39, 0.29) is 54.4 Å². The standard InChI is InChI=1S/C11H10NO4S.Y/c1-6-2-3-7-4-8(17(14,15)16)5-9(12)10(7)11(6)13;/h2-5,12-13H,1H3,(H,14,15,16);/q-1;. The Kier molecular flexibility index (Phi) is 4.38. The summed E-state index contributed by atoms with van der Waals surface area (Å²) in [6, 6.07) is 5.45. The van der Waals surface area contributed by atoms with Crippen molar-refractivity contribution in [2.45, 2.75) is 11.8 Å². The Hall–Kier alpha value is -0.686. The van der Waals surface area contributed by atoms with Crippen molar-refractivity contribution in [2.75, 3.05) is 0 Å². The molecule has 2 aromatic carbocycles. The molecule has 3 N–H and O–H groups in total. The van der Waals surface area contributed by atoms with Crippen LogP contribution in [-0.2, 0) is 42.8 Å². The molecule has 7 heteroatoms. The summed E-state index contributed by atoms with van der Waals surface area (Å²) >= 11 is 0. The monoisotopic (exact) mass is 341 g/mol. The topological polar surface area (TPSA) is 98.4 Å². The quantitative estimate of drug-likeness (QED) is 0.779. The predicted molar refractivity (Wildman–Crippen MR) is 64.1 cm³/mol. The van der Waals surface area contributed by atoms with Crippen molar-refractivity contribution >= 4 is 26.6 Å². The third kappa shape index (κ3) is 2.66. The Labute approximate surface area is 130 Å². The molecule has 2 aromatic rings. The maximum absolute atomic E-state index is 11.0. The molecule has 0 aliphatic rings. The summed E-state index contributed by atoms with van der Waals surface area (Å²) in [6.07, 6.45) is 0. The van der Waals surface area contributed by atoms with Crippen LogP contribution in [0.2, 0.25) is 0 Å². The summed E-state index contributed by atoms with van der Waals surface area (Å²) in [4.78, 5) is -0.349. The van der Waals surface area contributed by atoms with Crippen molar-refractivity contribution in [1.82, 2.24) is 0 Å². The van der Waals surface area contributed by atoms with Gasteiger partial charge in [0.15, 0.2) is 0 Å². The van der Waals surface area contributed by atoms with Gasteiger partial charge in [-0.25, -0.2) is 0 Å². The molecule has 0 fully saturated rings. The minimum absolute atomic E-state index is 0. The van der Waals surface area contributed by atoms with Gasteiger partial charge < -0.3 is 10.8 Å². The first-order valence-electron chi connectivity index (χ1n) is 4.76. The molecule has 18 heavy (non-hydrogen) atoms. The van der Waals surface area contributed by atoms with Crippen LogP contribution in [0.3, 0.4) is 0 Å². The van der Waals surface area contributed by atoms with Crippen molar-refractivity contribution in [2.24, 2.45) is 0 Å². The Morgan fingerprint density at radius 1 is 1.22 bits per heavy atom. The van der Waals surface area contributed by atoms with Gasteiger partial charge in [-0.15, -0.1) is 5.69 Å². The molecule has 0 heterocycles. The van der Waals surface area contributed by atoms with E-state index in [1.165, 1.54) is 6.07 Å². The van der Waals surface area contributed by atoms with Crippen LogP contribution >= 0.6 is 0 Å². The maximum Gasteiger partial charge on any atom is 0.294 e. The first kappa shape index (κ1) is 15.4. The van der Waals surface area contributed by atoms with Crippen LogP contribution in [0.25, 0.3) is 16.5 Å². The van der Waals surface area contributed by atoms with Gasteiger partial charge in [0, 0.05) is 38.1 Å². The summed E-state index contributed by atoms with van der Waals surface area (Å²) in [5.41, 5.74) is 8.15. The van der Waals surface area contributed by atoms with E-state index in [1.807, 2.05) is 0 Å². The number of rotatable bonds is 1. The number of nitrogens with one attached hydrogen (secondary N) is 1. The van der Waals surface area contributed by atoms with Crippen LogP contribution in [0.4, 0.5) is 5.69 Å². The summed E-state index contributed by atoms with van der Waals surface area (Å²) in [6.45, 7) is 1.69. The SMILES string of the molecule is Cc1ccc2cc(S(=O)(=O)O)cc([NH-])c2c1O.[Y]. The Morgan fingerprint density at radius 3 is 2.39 bits per heavy atom. The van der Waals surface area contributed by atoms with Crippen LogP contribution in [-0.4, -0.2) is 18.1 Å². The van der Waals surface area contributed by atoms with Crippen molar-refractivity contribution in [3.63, 3.8) is 0 Å². The summed E-state index contributed by atoms with van der Waals surface area (Å²) in [7, 11) is -4.34. The second-order valence-corrected chi connectivity index (χ2v) is 5.20. The van der Waals surface area contributed by atoms with Crippen LogP contribution < -0.4 is 0 Å². The number of phenols is 1. The minimum atomic E-state index is -4.34. The van der Waals surface area contributed by atoms with Gasteiger partial charge in [0.1, 0.15) is 5.75 Å². The molecule has 93 valence electrons. The summed E-state index contributed by atoms with van der Waals surface area (Å²) in [5, 5.41) is 10.5. The molecule has 0 saturated heterocycles. The molecule has 0 saturated carbocycles. The number of hydrogen-bond donors (Lipinski definition) is 2. The number of benzene rings is 2. The molecular weight excluding hydrogens is 331 g/mol. The van der Waals surface area contributed by atoms with E-state index in [9.17, 15) is 13.5 Å². The Balaban J connectivity index is 0.00000162. The Morgan fingerprint density at radius 2 is 1.83 bits per heavy atom. The second-order valence-electron chi connectivity index (χ2n) is 3.78. The third-order valence-electron chi connectivity index (χ3n) is 2.56. The van der Waals surface area contributed by atoms with Gasteiger partial charge in [0.05, 0.1) is 4.90 Å². The van der Waals surface area contributed by atoms with Crippen LogP contribution in [0.1, 0.15) is 5.56 Å². The molecule has 0 unspecified atom stereocenters. The van der Waals surface area contributed by atoms with E-state index in [2.05, 4.69) is 0 Å². The molecule has 5 nitrogen and oxygen atoms in total. The van der Waals surface area contributed by atoms with Gasteiger partial charge in [-0.2, -0.15) is 8.42 Å². The van der Waals surface area contributed by atoms with Crippen molar-refractivity contribution in [1.29, 1.82) is 0 Å². The fourth-order valence-electron chi connectivity index (χ4n) is 1.67. The normalized spacial score (nSPS) is 11.2. The zero-order chi connectivity index (χ0) is 12.8. The van der Waals surface area contributed by atoms with Gasteiger partial charge in [-0.1, -0.05) is 18.2 Å². The molecule has 0 aliphatic carbocycles. The first-order chi connectivity index (χ1) is 7.80. The molecule has 0 atom stereocenters. The van der Waals surface area contributed by atoms with Crippen molar-refractivity contribution in [3.8, 4) is 5.75 Å². The molecule has 0 aliphatic heterocycles. The van der Waals surface area contributed by atoms with Crippen LogP contribution in [0.15, 0.2) is 29.2 Å². The zero-order valence-corrected chi connectivity index (χ0v) is 13.2. The molecule has 1 radical (unpaired) electrons. The van der Waals surface area contributed by atoms with E-state index in [1.54, 1.807) is 19.1 Å². The molecular formula is C11H10NO4SY-. The molecule has 0 aromatic heterocycles. The predicted octanol–water partition coefficient (Wildman–Crippen LogP) is 2.78. The van der Waals surface area contributed by atoms with Gasteiger partial charge >= 0.3 is 0 Å². The van der Waals surface area contributed by atoms with Crippen LogP contribution in [0.5, 0.6) is 5.75 Å². The molecule has 0 amide bonds. The van der Waals surface area contributed by atoms with E-state index >= 15 is 0 Å². The van der Waals surface area contributed by atoms with E-state index < -0.39 is 10.1 Å². The average Bonchev–Trinajstić information content (AvgIpc) is 2.21. The summed E-state index contributed by atoms with van der Waals surface area (Å²) < 4.78 is 30.9. The fraction of sp³-hybridized carbons (Fsp3) is 0.0909. The van der Waals surface area contributed by atoms with Gasteiger partial charge in [-0.3, -0.25) is 4.55 Å². The first-order valence-corrected chi connectivity index (χ1v) is 6.20. The average molecular weight is 341 g/mol. The maximum atomic E-state index is 11.0. The number of fused-ring (bicyclic) bond motifs is 1. The fourth-order valence-corrected chi connectivity index (χ4v) is 2.22. The smallest absolute Gasteiger partial charge is 0.294 e. The second kappa shape index (κ2) is 5.13. The number of hydrogen-bond acceptors (Lipinski definition) is 3. The van der Waals surface area contributed by atoms with Gasteiger partial charge in [-0.05, 0) is 23.9 Å². The van der Waals surface area contributed by atoms with Gasteiger partial charge in [0.25, 0.3) is 10.1 Å². The number of phenolic OH excluding ortho intramolecular Hbond substituents is 1. The van der Waals surface area contributed by atoms with E-state index in [0.717, 1.165) is 6.07 Å².